The van der Waals surface area contributed by atoms with Crippen molar-refractivity contribution in [3.05, 3.63) is 10.6 Å². The highest BCUT2D eigenvalue weighted by molar-refractivity contribution is 7.15. The lowest BCUT2D eigenvalue weighted by molar-refractivity contribution is -0.134. The van der Waals surface area contributed by atoms with Gasteiger partial charge in [-0.1, -0.05) is 26.7 Å². The molecule has 4 rings (SSSR count). The average molecular weight is 405 g/mol. The predicted molar refractivity (Wildman–Crippen MR) is 112 cm³/mol. The Hall–Kier alpha value is -1.63. The van der Waals surface area contributed by atoms with Gasteiger partial charge in [0.2, 0.25) is 11.8 Å². The molecule has 1 aromatic rings. The van der Waals surface area contributed by atoms with Gasteiger partial charge < -0.3 is 15.1 Å². The Bertz CT molecular complexity index is 718. The molecule has 6 nitrogen and oxygen atoms in total. The van der Waals surface area contributed by atoms with Gasteiger partial charge in [-0.05, 0) is 32.1 Å². The number of nitrogens with zero attached hydrogens (tertiary/aromatic N) is 3. The lowest BCUT2D eigenvalue weighted by atomic mass is 9.90. The van der Waals surface area contributed by atoms with E-state index in [4.69, 9.17) is 4.98 Å². The maximum Gasteiger partial charge on any atom is 0.225 e. The average Bonchev–Trinajstić information content (AvgIpc) is 3.36. The number of rotatable bonds is 4. The van der Waals surface area contributed by atoms with E-state index in [0.717, 1.165) is 63.4 Å². The summed E-state index contributed by atoms with van der Waals surface area (Å²) in [6, 6.07) is 0.399. The van der Waals surface area contributed by atoms with Crippen LogP contribution in [0.25, 0.3) is 0 Å². The van der Waals surface area contributed by atoms with Gasteiger partial charge in [-0.15, -0.1) is 11.3 Å². The number of nitrogens with one attached hydrogen (secondary N) is 1. The SMILES string of the molecule is CC(C)C(=O)N1CCN(c2nc3c(s2)C[C@@H](C(=O)NC2CCCC2)CC3)CC1. The second-order valence-electron chi connectivity index (χ2n) is 8.76. The number of hydrogen-bond acceptors (Lipinski definition) is 5. The van der Waals surface area contributed by atoms with Crippen LogP contribution in [0.4, 0.5) is 5.13 Å². The Morgan fingerprint density at radius 3 is 2.50 bits per heavy atom. The van der Waals surface area contributed by atoms with E-state index in [1.807, 2.05) is 18.7 Å². The van der Waals surface area contributed by atoms with E-state index in [0.29, 0.717) is 6.04 Å². The van der Waals surface area contributed by atoms with Crippen LogP contribution >= 0.6 is 11.3 Å². The first kappa shape index (κ1) is 19.7. The van der Waals surface area contributed by atoms with E-state index in [2.05, 4.69) is 10.2 Å². The molecule has 2 heterocycles. The molecule has 1 aromatic heterocycles. The minimum absolute atomic E-state index is 0.0611. The third kappa shape index (κ3) is 4.19. The Kier molecular flexibility index (Phi) is 5.90. The lowest BCUT2D eigenvalue weighted by Gasteiger charge is -2.35. The number of fused-ring (bicyclic) bond motifs is 1. The molecule has 1 N–H and O–H groups in total. The molecule has 28 heavy (non-hydrogen) atoms. The van der Waals surface area contributed by atoms with E-state index in [9.17, 15) is 9.59 Å². The first-order chi connectivity index (χ1) is 13.5. The number of anilines is 1. The highest BCUT2D eigenvalue weighted by Crippen LogP contribution is 2.35. The molecule has 0 spiro atoms. The van der Waals surface area contributed by atoms with Crippen LogP contribution in [0, 0.1) is 11.8 Å². The van der Waals surface area contributed by atoms with Gasteiger partial charge in [-0.25, -0.2) is 4.98 Å². The van der Waals surface area contributed by atoms with Crippen LogP contribution in [0.2, 0.25) is 0 Å². The molecular weight excluding hydrogens is 372 g/mol. The van der Waals surface area contributed by atoms with Crippen LogP contribution in [0.3, 0.4) is 0 Å². The van der Waals surface area contributed by atoms with Crippen LogP contribution in [-0.2, 0) is 22.4 Å². The summed E-state index contributed by atoms with van der Waals surface area (Å²) in [5.74, 6) is 0.649. The van der Waals surface area contributed by atoms with E-state index in [1.165, 1.54) is 23.4 Å². The second kappa shape index (κ2) is 8.39. The smallest absolute Gasteiger partial charge is 0.225 e. The van der Waals surface area contributed by atoms with E-state index >= 15 is 0 Å². The largest absolute Gasteiger partial charge is 0.353 e. The molecule has 0 unspecified atom stereocenters. The van der Waals surface area contributed by atoms with Gasteiger partial charge in [-0.3, -0.25) is 9.59 Å². The molecule has 0 radical (unpaired) electrons. The predicted octanol–water partition coefficient (Wildman–Crippen LogP) is 2.61. The third-order valence-electron chi connectivity index (χ3n) is 6.36. The number of thiazole rings is 1. The van der Waals surface area contributed by atoms with Crippen LogP contribution in [-0.4, -0.2) is 53.9 Å². The maximum atomic E-state index is 12.7. The lowest BCUT2D eigenvalue weighted by Crippen LogP contribution is -2.49. The highest BCUT2D eigenvalue weighted by Gasteiger charge is 2.31. The number of aryl methyl sites for hydroxylation is 1. The van der Waals surface area contributed by atoms with Crippen molar-refractivity contribution < 1.29 is 9.59 Å². The minimum atomic E-state index is 0.0611. The third-order valence-corrected chi connectivity index (χ3v) is 7.54. The summed E-state index contributed by atoms with van der Waals surface area (Å²) in [5.41, 5.74) is 1.19. The molecule has 2 fully saturated rings. The number of amides is 2. The number of piperazine rings is 1. The van der Waals surface area contributed by atoms with Gasteiger partial charge in [0.05, 0.1) is 5.69 Å². The van der Waals surface area contributed by atoms with Gasteiger partial charge in [-0.2, -0.15) is 0 Å². The van der Waals surface area contributed by atoms with Crippen LogP contribution < -0.4 is 10.2 Å². The molecule has 154 valence electrons. The van der Waals surface area contributed by atoms with E-state index in [-0.39, 0.29) is 23.7 Å². The topological polar surface area (TPSA) is 65.5 Å². The molecule has 7 heteroatoms. The molecule has 2 aliphatic carbocycles. The highest BCUT2D eigenvalue weighted by atomic mass is 32.1. The standard InChI is InChI=1S/C21H32N4O2S/c1-14(2)20(27)24-9-11-25(12-10-24)21-23-17-8-7-15(13-18(17)28-21)19(26)22-16-5-3-4-6-16/h14-16H,3-13H2,1-2H3,(H,22,26)/t15-/m0/s1. The monoisotopic (exact) mass is 404 g/mol. The maximum absolute atomic E-state index is 12.7. The van der Waals surface area contributed by atoms with Gasteiger partial charge in [0.1, 0.15) is 0 Å². The first-order valence-electron chi connectivity index (χ1n) is 10.8. The molecule has 0 bridgehead atoms. The van der Waals surface area contributed by atoms with Crippen LogP contribution in [0.15, 0.2) is 0 Å². The normalized spacial score (nSPS) is 23.2. The first-order valence-corrected chi connectivity index (χ1v) is 11.7. The van der Waals surface area contributed by atoms with Crippen molar-refractivity contribution in [1.29, 1.82) is 0 Å². The summed E-state index contributed by atoms with van der Waals surface area (Å²) in [6.45, 7) is 7.15. The summed E-state index contributed by atoms with van der Waals surface area (Å²) < 4.78 is 0. The summed E-state index contributed by atoms with van der Waals surface area (Å²) in [6.07, 6.45) is 7.41. The van der Waals surface area contributed by atoms with Crippen molar-refractivity contribution in [2.24, 2.45) is 11.8 Å². The Morgan fingerprint density at radius 2 is 1.82 bits per heavy atom. The number of carbonyl (C=O) groups excluding carboxylic acids is 2. The van der Waals surface area contributed by atoms with E-state index < -0.39 is 0 Å². The van der Waals surface area contributed by atoms with Crippen molar-refractivity contribution in [3.63, 3.8) is 0 Å². The van der Waals surface area contributed by atoms with Gasteiger partial charge in [0.25, 0.3) is 0 Å². The fourth-order valence-electron chi connectivity index (χ4n) is 4.59. The summed E-state index contributed by atoms with van der Waals surface area (Å²) in [7, 11) is 0. The number of hydrogen-bond donors (Lipinski definition) is 1. The molecule has 1 saturated carbocycles. The van der Waals surface area contributed by atoms with Crippen molar-refractivity contribution in [1.82, 2.24) is 15.2 Å². The fraction of sp³-hybridized carbons (Fsp3) is 0.762. The van der Waals surface area contributed by atoms with Crippen LogP contribution in [0.1, 0.15) is 56.5 Å². The summed E-state index contributed by atoms with van der Waals surface area (Å²) in [4.78, 5) is 35.3. The second-order valence-corrected chi connectivity index (χ2v) is 9.83. The molecule has 1 saturated heterocycles. The van der Waals surface area contributed by atoms with E-state index in [1.54, 1.807) is 11.3 Å². The van der Waals surface area contributed by atoms with Crippen LogP contribution in [0.5, 0.6) is 0 Å². The fourth-order valence-corrected chi connectivity index (χ4v) is 5.83. The van der Waals surface area contributed by atoms with Crippen molar-refractivity contribution >= 4 is 28.3 Å². The van der Waals surface area contributed by atoms with Gasteiger partial charge in [0.15, 0.2) is 5.13 Å². The molecule has 1 aliphatic heterocycles. The Morgan fingerprint density at radius 1 is 1.11 bits per heavy atom. The Balaban J connectivity index is 1.34. The molecule has 2 amide bonds. The Labute approximate surface area is 171 Å². The van der Waals surface area contributed by atoms with Crippen molar-refractivity contribution in [2.45, 2.75) is 64.8 Å². The van der Waals surface area contributed by atoms with Crippen molar-refractivity contribution in [2.75, 3.05) is 31.1 Å². The molecule has 3 aliphatic rings. The zero-order valence-corrected chi connectivity index (χ0v) is 17.9. The zero-order valence-electron chi connectivity index (χ0n) is 17.1. The van der Waals surface area contributed by atoms with Gasteiger partial charge >= 0.3 is 0 Å². The molecule has 0 aromatic carbocycles. The molecular formula is C21H32N4O2S. The van der Waals surface area contributed by atoms with Crippen molar-refractivity contribution in [3.8, 4) is 0 Å². The summed E-state index contributed by atoms with van der Waals surface area (Å²) in [5, 5.41) is 4.34. The molecule has 1 atom stereocenters. The minimum Gasteiger partial charge on any atom is -0.353 e. The number of carbonyl (C=O) groups is 2. The quantitative estimate of drug-likeness (QED) is 0.838. The summed E-state index contributed by atoms with van der Waals surface area (Å²) >= 11 is 1.75. The number of aromatic nitrogens is 1. The van der Waals surface area contributed by atoms with Gasteiger partial charge in [0, 0.05) is 48.9 Å². The zero-order chi connectivity index (χ0) is 19.7.